The molecular weight excluding hydrogens is 262 g/mol. The zero-order valence-corrected chi connectivity index (χ0v) is 13.2. The molecule has 2 atom stereocenters. The summed E-state index contributed by atoms with van der Waals surface area (Å²) in [7, 11) is 2.15. The van der Waals surface area contributed by atoms with Crippen molar-refractivity contribution < 1.29 is 4.79 Å². The summed E-state index contributed by atoms with van der Waals surface area (Å²) >= 11 is 0. The van der Waals surface area contributed by atoms with Gasteiger partial charge in [-0.1, -0.05) is 30.3 Å². The molecule has 0 spiro atoms. The van der Waals surface area contributed by atoms with Crippen LogP contribution in [0, 0.1) is 5.92 Å². The molecule has 1 aliphatic heterocycles. The first kappa shape index (κ1) is 16.0. The van der Waals surface area contributed by atoms with Crippen molar-refractivity contribution in [2.45, 2.75) is 32.4 Å². The summed E-state index contributed by atoms with van der Waals surface area (Å²) in [5.74, 6) is 0.639. The maximum Gasteiger partial charge on any atom is 0.239 e. The molecule has 1 aromatic carbocycles. The number of rotatable bonds is 5. The molecule has 1 heterocycles. The van der Waals surface area contributed by atoms with Crippen LogP contribution in [0.25, 0.3) is 0 Å². The molecule has 1 saturated heterocycles. The van der Waals surface area contributed by atoms with Crippen LogP contribution in [0.3, 0.4) is 0 Å². The van der Waals surface area contributed by atoms with Gasteiger partial charge in [-0.2, -0.15) is 0 Å². The Kier molecular flexibility index (Phi) is 5.76. The number of likely N-dealkylation sites (tertiary alicyclic amines) is 1. The maximum atomic E-state index is 12.0. The zero-order chi connectivity index (χ0) is 15.2. The van der Waals surface area contributed by atoms with E-state index < -0.39 is 0 Å². The monoisotopic (exact) mass is 289 g/mol. The Morgan fingerprint density at radius 2 is 2.14 bits per heavy atom. The molecule has 1 amide bonds. The molecule has 4 nitrogen and oxygen atoms in total. The lowest BCUT2D eigenvalue weighted by atomic mass is 9.97. The molecule has 0 saturated carbocycles. The Morgan fingerprint density at radius 1 is 1.43 bits per heavy atom. The van der Waals surface area contributed by atoms with Gasteiger partial charge in [-0.25, -0.2) is 0 Å². The number of hydrogen-bond donors (Lipinski definition) is 1. The van der Waals surface area contributed by atoms with E-state index in [9.17, 15) is 4.79 Å². The molecule has 21 heavy (non-hydrogen) atoms. The van der Waals surface area contributed by atoms with Crippen molar-refractivity contribution in [2.24, 2.45) is 11.7 Å². The quantitative estimate of drug-likeness (QED) is 0.897. The summed E-state index contributed by atoms with van der Waals surface area (Å²) in [6, 6.07) is 10.1. The highest BCUT2D eigenvalue weighted by molar-refractivity contribution is 5.81. The summed E-state index contributed by atoms with van der Waals surface area (Å²) in [5, 5.41) is 0. The number of nitrogens with two attached hydrogens (primary N) is 1. The maximum absolute atomic E-state index is 12.0. The molecule has 0 aliphatic carbocycles. The first-order valence-corrected chi connectivity index (χ1v) is 7.83. The summed E-state index contributed by atoms with van der Waals surface area (Å²) < 4.78 is 0. The van der Waals surface area contributed by atoms with Crippen molar-refractivity contribution in [1.82, 2.24) is 9.80 Å². The largest absolute Gasteiger partial charge is 0.341 e. The summed E-state index contributed by atoms with van der Waals surface area (Å²) in [6.45, 7) is 5.46. The summed E-state index contributed by atoms with van der Waals surface area (Å²) in [4.78, 5) is 16.3. The van der Waals surface area contributed by atoms with E-state index >= 15 is 0 Å². The van der Waals surface area contributed by atoms with Gasteiger partial charge >= 0.3 is 0 Å². The third kappa shape index (κ3) is 4.83. The van der Waals surface area contributed by atoms with Crippen LogP contribution in [0.4, 0.5) is 0 Å². The molecule has 1 fully saturated rings. The van der Waals surface area contributed by atoms with Crippen LogP contribution in [-0.2, 0) is 11.3 Å². The lowest BCUT2D eigenvalue weighted by Crippen LogP contribution is -2.48. The number of carbonyl (C=O) groups is 1. The minimum Gasteiger partial charge on any atom is -0.341 e. The number of nitrogens with zero attached hydrogens (tertiary/aromatic N) is 2. The van der Waals surface area contributed by atoms with Gasteiger partial charge in [0.15, 0.2) is 0 Å². The average molecular weight is 289 g/mol. The van der Waals surface area contributed by atoms with E-state index in [1.807, 2.05) is 11.0 Å². The van der Waals surface area contributed by atoms with Crippen LogP contribution >= 0.6 is 0 Å². The molecule has 0 aromatic heterocycles. The highest BCUT2D eigenvalue weighted by Gasteiger charge is 2.25. The predicted molar refractivity (Wildman–Crippen MR) is 85.7 cm³/mol. The van der Waals surface area contributed by atoms with Crippen molar-refractivity contribution >= 4 is 5.91 Å². The van der Waals surface area contributed by atoms with Gasteiger partial charge in [0.1, 0.15) is 0 Å². The van der Waals surface area contributed by atoms with E-state index in [0.717, 1.165) is 32.6 Å². The van der Waals surface area contributed by atoms with Gasteiger partial charge in [-0.15, -0.1) is 0 Å². The smallest absolute Gasteiger partial charge is 0.239 e. The molecule has 0 bridgehead atoms. The Hall–Kier alpha value is -1.39. The van der Waals surface area contributed by atoms with E-state index in [-0.39, 0.29) is 11.9 Å². The predicted octanol–water partition coefficient (Wildman–Crippen LogP) is 1.70. The van der Waals surface area contributed by atoms with E-state index in [4.69, 9.17) is 5.73 Å². The molecule has 1 aromatic rings. The Balaban J connectivity index is 1.83. The van der Waals surface area contributed by atoms with Crippen LogP contribution in [0.15, 0.2) is 30.3 Å². The second kappa shape index (κ2) is 7.57. The van der Waals surface area contributed by atoms with Crippen LogP contribution in [0.2, 0.25) is 0 Å². The highest BCUT2D eigenvalue weighted by Crippen LogP contribution is 2.18. The Morgan fingerprint density at radius 3 is 2.81 bits per heavy atom. The number of amides is 1. The molecule has 1 aliphatic rings. The van der Waals surface area contributed by atoms with E-state index in [1.165, 1.54) is 12.0 Å². The second-order valence-corrected chi connectivity index (χ2v) is 6.26. The van der Waals surface area contributed by atoms with Gasteiger partial charge < -0.3 is 15.5 Å². The summed E-state index contributed by atoms with van der Waals surface area (Å²) in [6.07, 6.45) is 2.28. The van der Waals surface area contributed by atoms with Crippen molar-refractivity contribution in [3.05, 3.63) is 35.9 Å². The van der Waals surface area contributed by atoms with Crippen LogP contribution in [0.1, 0.15) is 25.3 Å². The van der Waals surface area contributed by atoms with Crippen LogP contribution in [0.5, 0.6) is 0 Å². The Bertz CT molecular complexity index is 447. The fourth-order valence-electron chi connectivity index (χ4n) is 3.10. The van der Waals surface area contributed by atoms with Crippen molar-refractivity contribution in [2.75, 3.05) is 26.7 Å². The molecule has 4 heteroatoms. The van der Waals surface area contributed by atoms with Crippen molar-refractivity contribution in [3.63, 3.8) is 0 Å². The standard InChI is InChI=1S/C17H27N3O/c1-14(18)17(21)20-10-6-9-16(13-20)12-19(2)11-15-7-4-3-5-8-15/h3-5,7-8,14,16H,6,9-13,18H2,1-2H3/t14-,16-/m0/s1. The highest BCUT2D eigenvalue weighted by atomic mass is 16.2. The van der Waals surface area contributed by atoms with E-state index in [0.29, 0.717) is 5.92 Å². The first-order valence-electron chi connectivity index (χ1n) is 7.83. The lowest BCUT2D eigenvalue weighted by Gasteiger charge is -2.35. The summed E-state index contributed by atoms with van der Waals surface area (Å²) in [5.41, 5.74) is 7.05. The molecule has 2 rings (SSSR count). The second-order valence-electron chi connectivity index (χ2n) is 6.26. The minimum atomic E-state index is -0.384. The number of carbonyl (C=O) groups excluding carboxylic acids is 1. The third-order valence-electron chi connectivity index (χ3n) is 4.09. The third-order valence-corrected chi connectivity index (χ3v) is 4.09. The van der Waals surface area contributed by atoms with Gasteiger partial charge in [0.05, 0.1) is 6.04 Å². The fourth-order valence-corrected chi connectivity index (χ4v) is 3.10. The van der Waals surface area contributed by atoms with Crippen molar-refractivity contribution in [1.29, 1.82) is 0 Å². The van der Waals surface area contributed by atoms with Gasteiger partial charge in [0.2, 0.25) is 5.91 Å². The first-order chi connectivity index (χ1) is 10.1. The van der Waals surface area contributed by atoms with Crippen molar-refractivity contribution in [3.8, 4) is 0 Å². The molecule has 2 N–H and O–H groups in total. The molecule has 116 valence electrons. The molecule has 0 unspecified atom stereocenters. The number of piperidine rings is 1. The van der Waals surface area contributed by atoms with Gasteiger partial charge in [-0.05, 0) is 38.3 Å². The van der Waals surface area contributed by atoms with E-state index in [1.54, 1.807) is 6.92 Å². The topological polar surface area (TPSA) is 49.6 Å². The average Bonchev–Trinajstić information content (AvgIpc) is 2.47. The van der Waals surface area contributed by atoms with Gasteiger partial charge in [0.25, 0.3) is 0 Å². The Labute approximate surface area is 127 Å². The zero-order valence-electron chi connectivity index (χ0n) is 13.2. The minimum absolute atomic E-state index is 0.0883. The molecule has 0 radical (unpaired) electrons. The van der Waals surface area contributed by atoms with Crippen LogP contribution in [-0.4, -0.2) is 48.4 Å². The SMILES string of the molecule is C[C@H](N)C(=O)N1CCC[C@@H](CN(C)Cc2ccccc2)C1. The van der Waals surface area contributed by atoms with Gasteiger partial charge in [-0.3, -0.25) is 4.79 Å². The molecular formula is C17H27N3O. The van der Waals surface area contributed by atoms with Gasteiger partial charge in [0, 0.05) is 26.2 Å². The fraction of sp³-hybridized carbons (Fsp3) is 0.588. The number of benzene rings is 1. The van der Waals surface area contributed by atoms with E-state index in [2.05, 4.69) is 36.2 Å². The normalized spacial score (nSPS) is 20.6. The number of hydrogen-bond acceptors (Lipinski definition) is 3. The lowest BCUT2D eigenvalue weighted by molar-refractivity contribution is -0.134. The van der Waals surface area contributed by atoms with Crippen LogP contribution < -0.4 is 5.73 Å².